The molecule has 0 saturated carbocycles. The second kappa shape index (κ2) is 10.2. The number of alkyl halides is 3. The van der Waals surface area contributed by atoms with E-state index in [0.29, 0.717) is 43.7 Å². The minimum absolute atomic E-state index is 0.0285. The van der Waals surface area contributed by atoms with Crippen molar-refractivity contribution in [2.75, 3.05) is 40.3 Å². The first-order valence-corrected chi connectivity index (χ1v) is 11.3. The lowest BCUT2D eigenvalue weighted by Crippen LogP contribution is -2.46. The summed E-state index contributed by atoms with van der Waals surface area (Å²) in [6.45, 7) is 6.64. The number of amides is 2. The molecule has 1 aliphatic heterocycles. The molecule has 0 atom stereocenters. The number of benzene rings is 1. The average molecular weight is 480 g/mol. The highest BCUT2D eigenvalue weighted by atomic mass is 19.4. The second-order valence-corrected chi connectivity index (χ2v) is 9.88. The van der Waals surface area contributed by atoms with E-state index in [2.05, 4.69) is 29.2 Å². The van der Waals surface area contributed by atoms with Crippen LogP contribution in [0.3, 0.4) is 0 Å². The number of nitrogens with zero attached hydrogens (tertiary/aromatic N) is 4. The number of likely N-dealkylation sites (tertiary alicyclic amines) is 1. The molecule has 1 aromatic heterocycles. The van der Waals surface area contributed by atoms with E-state index < -0.39 is 11.9 Å². The molecule has 0 spiro atoms. The number of hydrogen-bond acceptors (Lipinski definition) is 4. The highest BCUT2D eigenvalue weighted by Crippen LogP contribution is 2.28. The maximum Gasteiger partial charge on any atom is 0.435 e. The molecule has 10 heteroatoms. The molecule has 0 unspecified atom stereocenters. The van der Waals surface area contributed by atoms with Crippen molar-refractivity contribution in [3.8, 4) is 5.69 Å². The van der Waals surface area contributed by atoms with E-state index in [1.807, 2.05) is 14.1 Å². The summed E-state index contributed by atoms with van der Waals surface area (Å²) >= 11 is 0. The lowest BCUT2D eigenvalue weighted by atomic mass is 9.91. The van der Waals surface area contributed by atoms with Crippen molar-refractivity contribution in [1.82, 2.24) is 24.9 Å². The molecule has 1 aliphatic rings. The van der Waals surface area contributed by atoms with Crippen molar-refractivity contribution < 1.29 is 22.8 Å². The lowest BCUT2D eigenvalue weighted by Gasteiger charge is -2.33. The van der Waals surface area contributed by atoms with Crippen molar-refractivity contribution in [2.24, 2.45) is 11.3 Å². The average Bonchev–Trinajstić information content (AvgIpc) is 3.27. The predicted molar refractivity (Wildman–Crippen MR) is 123 cm³/mol. The summed E-state index contributed by atoms with van der Waals surface area (Å²) in [5.41, 5.74) is -0.132. The zero-order chi connectivity index (χ0) is 25.1. The molecule has 1 saturated heterocycles. The fraction of sp³-hybridized carbons (Fsp3) is 0.542. The molecule has 1 aromatic carbocycles. The van der Waals surface area contributed by atoms with Gasteiger partial charge in [-0.15, -0.1) is 0 Å². The van der Waals surface area contributed by atoms with E-state index in [4.69, 9.17) is 0 Å². The first kappa shape index (κ1) is 25.7. The molecule has 3 rings (SSSR count). The van der Waals surface area contributed by atoms with Crippen LogP contribution in [-0.4, -0.2) is 71.7 Å². The van der Waals surface area contributed by atoms with Gasteiger partial charge in [0.15, 0.2) is 5.69 Å². The molecule has 1 N–H and O–H groups in total. The maximum atomic E-state index is 12.9. The third-order valence-corrected chi connectivity index (χ3v) is 5.90. The SMILES string of the molecule is CN(C)CC(C)(C)CNC(=O)C1CCN(C(=O)c2ccc(-n3ccc(C(F)(F)F)n3)cc2)CC1. The van der Waals surface area contributed by atoms with E-state index in [1.54, 1.807) is 29.2 Å². The number of nitrogens with one attached hydrogen (secondary N) is 1. The topological polar surface area (TPSA) is 70.5 Å². The van der Waals surface area contributed by atoms with Gasteiger partial charge < -0.3 is 15.1 Å². The van der Waals surface area contributed by atoms with Crippen LogP contribution in [0.1, 0.15) is 42.7 Å². The Morgan fingerprint density at radius 3 is 2.24 bits per heavy atom. The summed E-state index contributed by atoms with van der Waals surface area (Å²) in [4.78, 5) is 29.3. The monoisotopic (exact) mass is 479 g/mol. The molecule has 34 heavy (non-hydrogen) atoms. The van der Waals surface area contributed by atoms with Crippen LogP contribution in [0, 0.1) is 11.3 Å². The van der Waals surface area contributed by atoms with Gasteiger partial charge in [-0.1, -0.05) is 13.8 Å². The number of aromatic nitrogens is 2. The van der Waals surface area contributed by atoms with Crippen LogP contribution in [0.2, 0.25) is 0 Å². The first-order chi connectivity index (χ1) is 15.9. The van der Waals surface area contributed by atoms with E-state index in [0.717, 1.165) is 17.3 Å². The number of piperidine rings is 1. The summed E-state index contributed by atoms with van der Waals surface area (Å²) in [6, 6.07) is 7.20. The van der Waals surface area contributed by atoms with Crippen LogP contribution in [0.5, 0.6) is 0 Å². The van der Waals surface area contributed by atoms with Gasteiger partial charge in [0.2, 0.25) is 5.91 Å². The van der Waals surface area contributed by atoms with Crippen LogP contribution < -0.4 is 5.32 Å². The molecule has 2 amide bonds. The summed E-state index contributed by atoms with van der Waals surface area (Å²) in [6.07, 6.45) is -2.09. The second-order valence-electron chi connectivity index (χ2n) is 9.88. The molecule has 0 bridgehead atoms. The Hall–Kier alpha value is -2.88. The Morgan fingerprint density at radius 2 is 1.71 bits per heavy atom. The number of carbonyl (C=O) groups excluding carboxylic acids is 2. The van der Waals surface area contributed by atoms with Gasteiger partial charge in [-0.05, 0) is 62.7 Å². The zero-order valence-corrected chi connectivity index (χ0v) is 20.0. The van der Waals surface area contributed by atoms with Gasteiger partial charge in [0, 0.05) is 43.9 Å². The van der Waals surface area contributed by atoms with Crippen molar-refractivity contribution in [3.63, 3.8) is 0 Å². The Kier molecular flexibility index (Phi) is 7.70. The number of halogens is 3. The number of hydrogen-bond donors (Lipinski definition) is 1. The highest BCUT2D eigenvalue weighted by Gasteiger charge is 2.34. The standard InChI is InChI=1S/C24H32F3N5O2/c1-23(2,16-30(3)4)15-28-21(33)17-9-12-31(13-10-17)22(34)18-5-7-19(8-6-18)32-14-11-20(29-32)24(25,26)27/h5-8,11,14,17H,9-10,12-13,15-16H2,1-4H3,(H,28,33). The largest absolute Gasteiger partial charge is 0.435 e. The van der Waals surface area contributed by atoms with Crippen molar-refractivity contribution in [3.05, 3.63) is 47.8 Å². The minimum atomic E-state index is -4.51. The Bertz CT molecular complexity index is 991. The first-order valence-electron chi connectivity index (χ1n) is 11.3. The van der Waals surface area contributed by atoms with Gasteiger partial charge >= 0.3 is 6.18 Å². The molecular weight excluding hydrogens is 447 g/mol. The quantitative estimate of drug-likeness (QED) is 0.661. The molecular formula is C24H32F3N5O2. The van der Waals surface area contributed by atoms with Gasteiger partial charge in [0.05, 0.1) is 5.69 Å². The molecule has 2 aromatic rings. The van der Waals surface area contributed by atoms with E-state index in [9.17, 15) is 22.8 Å². The Balaban J connectivity index is 1.52. The van der Waals surface area contributed by atoms with Crippen molar-refractivity contribution in [2.45, 2.75) is 32.9 Å². The Labute approximate surface area is 197 Å². The fourth-order valence-corrected chi connectivity index (χ4v) is 4.29. The fourth-order valence-electron chi connectivity index (χ4n) is 4.29. The van der Waals surface area contributed by atoms with Gasteiger partial charge in [0.1, 0.15) is 0 Å². The summed E-state index contributed by atoms with van der Waals surface area (Å²) in [5.74, 6) is -0.251. The minimum Gasteiger partial charge on any atom is -0.355 e. The summed E-state index contributed by atoms with van der Waals surface area (Å²) < 4.78 is 39.4. The van der Waals surface area contributed by atoms with Crippen molar-refractivity contribution in [1.29, 1.82) is 0 Å². The summed E-state index contributed by atoms with van der Waals surface area (Å²) in [5, 5.41) is 6.60. The van der Waals surface area contributed by atoms with E-state index in [1.165, 1.54) is 6.20 Å². The van der Waals surface area contributed by atoms with Gasteiger partial charge in [-0.3, -0.25) is 9.59 Å². The van der Waals surface area contributed by atoms with Gasteiger partial charge in [-0.25, -0.2) is 4.68 Å². The van der Waals surface area contributed by atoms with E-state index >= 15 is 0 Å². The summed E-state index contributed by atoms with van der Waals surface area (Å²) in [7, 11) is 4.01. The zero-order valence-electron chi connectivity index (χ0n) is 20.0. The van der Waals surface area contributed by atoms with Crippen LogP contribution in [0.15, 0.2) is 36.5 Å². The highest BCUT2D eigenvalue weighted by molar-refractivity contribution is 5.94. The predicted octanol–water partition coefficient (Wildman–Crippen LogP) is 3.45. The lowest BCUT2D eigenvalue weighted by molar-refractivity contribution is -0.141. The van der Waals surface area contributed by atoms with Crippen LogP contribution in [0.4, 0.5) is 13.2 Å². The normalized spacial score (nSPS) is 15.6. The molecule has 0 radical (unpaired) electrons. The molecule has 0 aliphatic carbocycles. The smallest absolute Gasteiger partial charge is 0.355 e. The number of carbonyl (C=O) groups is 2. The molecule has 2 heterocycles. The third kappa shape index (κ3) is 6.59. The molecule has 1 fully saturated rings. The van der Waals surface area contributed by atoms with Gasteiger partial charge in [-0.2, -0.15) is 18.3 Å². The number of rotatable bonds is 7. The van der Waals surface area contributed by atoms with Crippen molar-refractivity contribution >= 4 is 11.8 Å². The van der Waals surface area contributed by atoms with E-state index in [-0.39, 0.29) is 23.1 Å². The third-order valence-electron chi connectivity index (χ3n) is 5.90. The molecule has 7 nitrogen and oxygen atoms in total. The van der Waals surface area contributed by atoms with Gasteiger partial charge in [0.25, 0.3) is 5.91 Å². The van der Waals surface area contributed by atoms with Crippen LogP contribution in [0.25, 0.3) is 5.69 Å². The Morgan fingerprint density at radius 1 is 1.09 bits per heavy atom. The molecule has 186 valence electrons. The maximum absolute atomic E-state index is 12.9. The van der Waals surface area contributed by atoms with Crippen LogP contribution >= 0.6 is 0 Å². The van der Waals surface area contributed by atoms with Crippen LogP contribution in [-0.2, 0) is 11.0 Å².